The second kappa shape index (κ2) is 7.63. The fraction of sp³-hybridized carbons (Fsp3) is 0.471. The van der Waals surface area contributed by atoms with Crippen molar-refractivity contribution in [3.8, 4) is 12.3 Å². The van der Waals surface area contributed by atoms with E-state index in [0.29, 0.717) is 11.6 Å². The lowest BCUT2D eigenvalue weighted by Gasteiger charge is -2.30. The molecule has 23 heavy (non-hydrogen) atoms. The molecule has 0 radical (unpaired) electrons. The van der Waals surface area contributed by atoms with Gasteiger partial charge in [-0.15, -0.1) is 6.42 Å². The van der Waals surface area contributed by atoms with Crippen LogP contribution in [0.25, 0.3) is 0 Å². The zero-order chi connectivity index (χ0) is 16.8. The van der Waals surface area contributed by atoms with E-state index < -0.39 is 10.9 Å². The molecule has 0 amide bonds. The van der Waals surface area contributed by atoms with Crippen LogP contribution in [0, 0.1) is 28.4 Å². The summed E-state index contributed by atoms with van der Waals surface area (Å²) in [6.07, 6.45) is 9.45. The van der Waals surface area contributed by atoms with Crippen LogP contribution >= 0.6 is 0 Å². The Hall–Kier alpha value is -2.55. The number of anilines is 1. The van der Waals surface area contributed by atoms with Gasteiger partial charge in [-0.3, -0.25) is 10.1 Å². The average molecular weight is 316 g/mol. The number of rotatable bonds is 5. The Bertz CT molecular complexity index is 636. The lowest BCUT2D eigenvalue weighted by molar-refractivity contribution is -0.384. The van der Waals surface area contributed by atoms with Crippen molar-refractivity contribution in [1.82, 2.24) is 0 Å². The maximum atomic E-state index is 11.8. The topological polar surface area (TPSA) is 81.5 Å². The molecule has 0 saturated heterocycles. The van der Waals surface area contributed by atoms with Crippen molar-refractivity contribution >= 4 is 17.3 Å². The zero-order valence-corrected chi connectivity index (χ0v) is 13.1. The molecule has 1 aliphatic rings. The van der Waals surface area contributed by atoms with Crippen molar-refractivity contribution in [2.24, 2.45) is 5.92 Å². The third-order valence-electron chi connectivity index (χ3n) is 4.17. The van der Waals surface area contributed by atoms with E-state index in [1.807, 2.05) is 0 Å². The minimum Gasteiger partial charge on any atom is -0.449 e. The highest BCUT2D eigenvalue weighted by Crippen LogP contribution is 2.31. The Morgan fingerprint density at radius 2 is 2.22 bits per heavy atom. The predicted octanol–water partition coefficient (Wildman–Crippen LogP) is 3.38. The number of nitrogens with zero attached hydrogens (tertiary/aromatic N) is 1. The van der Waals surface area contributed by atoms with Crippen LogP contribution in [0.2, 0.25) is 0 Å². The highest BCUT2D eigenvalue weighted by molar-refractivity contribution is 5.91. The molecule has 1 aromatic carbocycles. The first-order chi connectivity index (χ1) is 11.0. The average Bonchev–Trinajstić information content (AvgIpc) is 2.54. The number of carbonyl (C=O) groups excluding carboxylic acids is 1. The molecule has 122 valence electrons. The van der Waals surface area contributed by atoms with E-state index in [0.717, 1.165) is 19.3 Å². The molecule has 0 heterocycles. The Balaban J connectivity index is 2.21. The molecule has 1 fully saturated rings. The fourth-order valence-corrected chi connectivity index (χ4v) is 2.85. The van der Waals surface area contributed by atoms with Crippen LogP contribution in [0.15, 0.2) is 18.2 Å². The van der Waals surface area contributed by atoms with Crippen LogP contribution in [0.3, 0.4) is 0 Å². The molecule has 0 spiro atoms. The van der Waals surface area contributed by atoms with E-state index in [9.17, 15) is 14.9 Å². The van der Waals surface area contributed by atoms with Gasteiger partial charge in [0.15, 0.2) is 6.61 Å². The van der Waals surface area contributed by atoms with E-state index in [4.69, 9.17) is 11.2 Å². The maximum Gasteiger partial charge on any atom is 0.339 e. The van der Waals surface area contributed by atoms with Crippen LogP contribution in [-0.4, -0.2) is 23.5 Å². The van der Waals surface area contributed by atoms with Crippen molar-refractivity contribution in [3.05, 3.63) is 33.9 Å². The highest BCUT2D eigenvalue weighted by atomic mass is 16.6. The molecule has 0 aliphatic heterocycles. The van der Waals surface area contributed by atoms with Gasteiger partial charge in [-0.2, -0.15) is 0 Å². The normalized spacial score (nSPS) is 20.3. The van der Waals surface area contributed by atoms with Crippen molar-refractivity contribution in [1.29, 1.82) is 0 Å². The Labute approximate surface area is 135 Å². The van der Waals surface area contributed by atoms with Gasteiger partial charge < -0.3 is 10.1 Å². The molecule has 1 aromatic rings. The van der Waals surface area contributed by atoms with Gasteiger partial charge in [-0.1, -0.05) is 25.7 Å². The molecule has 1 aliphatic carbocycles. The van der Waals surface area contributed by atoms with Crippen LogP contribution in [0.1, 0.15) is 43.0 Å². The lowest BCUT2D eigenvalue weighted by Crippen LogP contribution is -2.30. The fourth-order valence-electron chi connectivity index (χ4n) is 2.85. The molecule has 0 unspecified atom stereocenters. The molecule has 6 nitrogen and oxygen atoms in total. The summed E-state index contributed by atoms with van der Waals surface area (Å²) in [4.78, 5) is 22.6. The summed E-state index contributed by atoms with van der Waals surface area (Å²) in [6, 6.07) is 4.52. The minimum atomic E-state index is -0.663. The number of terminal acetylenes is 1. The van der Waals surface area contributed by atoms with E-state index in [-0.39, 0.29) is 23.9 Å². The highest BCUT2D eigenvalue weighted by Gasteiger charge is 2.25. The molecule has 6 heteroatoms. The summed E-state index contributed by atoms with van der Waals surface area (Å²) in [5, 5.41) is 14.6. The quantitative estimate of drug-likeness (QED) is 0.390. The number of carbonyl (C=O) groups is 1. The maximum absolute atomic E-state index is 11.8. The summed E-state index contributed by atoms with van der Waals surface area (Å²) >= 11 is 0. The molecule has 0 aromatic heterocycles. The summed E-state index contributed by atoms with van der Waals surface area (Å²) in [6.45, 7) is 1.99. The molecular formula is C17H20N2O4. The zero-order valence-electron chi connectivity index (χ0n) is 13.1. The summed E-state index contributed by atoms with van der Waals surface area (Å²) in [5.41, 5.74) is 0.425. The summed E-state index contributed by atoms with van der Waals surface area (Å²) in [7, 11) is 0. The van der Waals surface area contributed by atoms with Crippen LogP contribution in [-0.2, 0) is 4.74 Å². The van der Waals surface area contributed by atoms with E-state index in [1.165, 1.54) is 18.6 Å². The number of esters is 1. The third-order valence-corrected chi connectivity index (χ3v) is 4.17. The summed E-state index contributed by atoms with van der Waals surface area (Å²) in [5.74, 6) is 1.99. The van der Waals surface area contributed by atoms with Crippen LogP contribution in [0.5, 0.6) is 0 Å². The standard InChI is InChI=1S/C17H20N2O4/c1-3-10-23-17(20)13-8-9-15(16(11-13)19(21)22)18-14-7-5-4-6-12(14)2/h1,8-9,11-12,14,18H,4-7,10H2,2H3/t12-,14+/m1/s1. The molecule has 1 saturated carbocycles. The Kier molecular flexibility index (Phi) is 5.58. The second-order valence-electron chi connectivity index (χ2n) is 5.78. The van der Waals surface area contributed by atoms with E-state index in [1.54, 1.807) is 6.07 Å². The number of ether oxygens (including phenoxy) is 1. The van der Waals surface area contributed by atoms with Gasteiger partial charge in [0, 0.05) is 12.1 Å². The largest absolute Gasteiger partial charge is 0.449 e. The monoisotopic (exact) mass is 316 g/mol. The van der Waals surface area contributed by atoms with Gasteiger partial charge >= 0.3 is 5.97 Å². The molecule has 2 atom stereocenters. The van der Waals surface area contributed by atoms with Gasteiger partial charge in [0.1, 0.15) is 5.69 Å². The number of nitro groups is 1. The van der Waals surface area contributed by atoms with Gasteiger partial charge in [-0.05, 0) is 30.9 Å². The first kappa shape index (κ1) is 16.8. The first-order valence-corrected chi connectivity index (χ1v) is 7.68. The number of hydrogen-bond donors (Lipinski definition) is 1. The number of nitro benzene ring substituents is 1. The van der Waals surface area contributed by atoms with Gasteiger partial charge in [0.25, 0.3) is 5.69 Å². The molecule has 0 bridgehead atoms. The molecule has 1 N–H and O–H groups in total. The Morgan fingerprint density at radius 1 is 1.48 bits per heavy atom. The molecule has 2 rings (SSSR count). The van der Waals surface area contributed by atoms with E-state index >= 15 is 0 Å². The number of nitrogens with one attached hydrogen (secondary N) is 1. The van der Waals surface area contributed by atoms with E-state index in [2.05, 4.69) is 18.2 Å². The smallest absolute Gasteiger partial charge is 0.339 e. The number of hydrogen-bond acceptors (Lipinski definition) is 5. The van der Waals surface area contributed by atoms with Gasteiger partial charge in [0.2, 0.25) is 0 Å². The minimum absolute atomic E-state index is 0.120. The van der Waals surface area contributed by atoms with Gasteiger partial charge in [0.05, 0.1) is 10.5 Å². The van der Waals surface area contributed by atoms with Crippen molar-refractivity contribution in [3.63, 3.8) is 0 Å². The predicted molar refractivity (Wildman–Crippen MR) is 87.3 cm³/mol. The summed E-state index contributed by atoms with van der Waals surface area (Å²) < 4.78 is 4.80. The van der Waals surface area contributed by atoms with Gasteiger partial charge in [-0.25, -0.2) is 4.79 Å². The van der Waals surface area contributed by atoms with Crippen LogP contribution < -0.4 is 5.32 Å². The van der Waals surface area contributed by atoms with Crippen molar-refractivity contribution < 1.29 is 14.5 Å². The molecular weight excluding hydrogens is 296 g/mol. The first-order valence-electron chi connectivity index (χ1n) is 7.68. The van der Waals surface area contributed by atoms with Crippen molar-refractivity contribution in [2.75, 3.05) is 11.9 Å². The van der Waals surface area contributed by atoms with Crippen LogP contribution in [0.4, 0.5) is 11.4 Å². The Morgan fingerprint density at radius 3 is 2.87 bits per heavy atom. The lowest BCUT2D eigenvalue weighted by atomic mass is 9.86. The third kappa shape index (κ3) is 4.22. The second-order valence-corrected chi connectivity index (χ2v) is 5.78. The van der Waals surface area contributed by atoms with Crippen molar-refractivity contribution in [2.45, 2.75) is 38.6 Å². The SMILES string of the molecule is C#CCOC(=O)c1ccc(N[C@H]2CCCC[C@H]2C)c([N+](=O)[O-])c1. The number of benzene rings is 1.